The Morgan fingerprint density at radius 2 is 1.88 bits per heavy atom. The van der Waals surface area contributed by atoms with Crippen LogP contribution in [0.3, 0.4) is 0 Å². The quantitative estimate of drug-likeness (QED) is 0.654. The Bertz CT molecular complexity index is 876. The van der Waals surface area contributed by atoms with Gasteiger partial charge < -0.3 is 15.8 Å². The predicted octanol–water partition coefficient (Wildman–Crippen LogP) is 3.78. The number of rotatable bonds is 7. The van der Waals surface area contributed by atoms with Gasteiger partial charge in [0, 0.05) is 11.4 Å². The Morgan fingerprint density at radius 3 is 2.65 bits per heavy atom. The van der Waals surface area contributed by atoms with E-state index >= 15 is 0 Å². The van der Waals surface area contributed by atoms with Crippen LogP contribution in [0.15, 0.2) is 48.5 Å². The molecule has 1 heterocycles. The van der Waals surface area contributed by atoms with Crippen LogP contribution in [-0.4, -0.2) is 22.1 Å². The van der Waals surface area contributed by atoms with Crippen molar-refractivity contribution < 1.29 is 9.13 Å². The van der Waals surface area contributed by atoms with Gasteiger partial charge in [-0.15, -0.1) is 11.8 Å². The van der Waals surface area contributed by atoms with Gasteiger partial charge in [0.05, 0.1) is 12.9 Å². The number of halogens is 1. The highest BCUT2D eigenvalue weighted by Gasteiger charge is 2.06. The second-order valence-electron chi connectivity index (χ2n) is 5.41. The largest absolute Gasteiger partial charge is 0.497 e. The molecule has 0 fully saturated rings. The van der Waals surface area contributed by atoms with Gasteiger partial charge in [-0.3, -0.25) is 0 Å². The maximum atomic E-state index is 13.0. The van der Waals surface area contributed by atoms with Crippen LogP contribution >= 0.6 is 11.8 Å². The van der Waals surface area contributed by atoms with Crippen molar-refractivity contribution in [1.29, 1.82) is 0 Å². The number of hydrogen-bond acceptors (Lipinski definition) is 7. The zero-order chi connectivity index (χ0) is 18.4. The molecule has 0 saturated heterocycles. The molecule has 0 unspecified atom stereocenters. The highest BCUT2D eigenvalue weighted by Crippen LogP contribution is 2.21. The average Bonchev–Trinajstić information content (AvgIpc) is 2.63. The van der Waals surface area contributed by atoms with Crippen molar-refractivity contribution in [2.75, 3.05) is 18.2 Å². The molecule has 0 amide bonds. The Hall–Kier alpha value is -2.87. The third-order valence-electron chi connectivity index (χ3n) is 3.43. The van der Waals surface area contributed by atoms with E-state index in [4.69, 9.17) is 10.5 Å². The van der Waals surface area contributed by atoms with E-state index in [0.29, 0.717) is 23.2 Å². The molecular weight excluding hydrogens is 353 g/mol. The van der Waals surface area contributed by atoms with E-state index < -0.39 is 0 Å². The average molecular weight is 371 g/mol. The van der Waals surface area contributed by atoms with E-state index in [1.54, 1.807) is 31.0 Å². The summed E-state index contributed by atoms with van der Waals surface area (Å²) in [5, 5.41) is 3.00. The summed E-state index contributed by atoms with van der Waals surface area (Å²) in [6, 6.07) is 13.8. The van der Waals surface area contributed by atoms with Crippen molar-refractivity contribution in [3.8, 4) is 5.75 Å². The zero-order valence-corrected chi connectivity index (χ0v) is 15.0. The molecule has 0 aliphatic rings. The molecule has 134 valence electrons. The minimum absolute atomic E-state index is 0.140. The van der Waals surface area contributed by atoms with Gasteiger partial charge in [0.1, 0.15) is 17.4 Å². The normalized spacial score (nSPS) is 10.5. The van der Waals surface area contributed by atoms with Gasteiger partial charge in [-0.1, -0.05) is 12.1 Å². The second-order valence-corrected chi connectivity index (χ2v) is 6.40. The second kappa shape index (κ2) is 8.48. The first kappa shape index (κ1) is 17.9. The molecule has 0 aliphatic heterocycles. The smallest absolute Gasteiger partial charge is 0.232 e. The molecule has 0 bridgehead atoms. The highest BCUT2D eigenvalue weighted by molar-refractivity contribution is 7.97. The number of hydrogen-bond donors (Lipinski definition) is 2. The monoisotopic (exact) mass is 371 g/mol. The Balaban J connectivity index is 1.62. The summed E-state index contributed by atoms with van der Waals surface area (Å²) in [6.45, 7) is 0. The maximum Gasteiger partial charge on any atom is 0.232 e. The minimum Gasteiger partial charge on any atom is -0.497 e. The molecular formula is C18H18FN5OS. The number of nitrogens with one attached hydrogen (secondary N) is 1. The summed E-state index contributed by atoms with van der Waals surface area (Å²) in [4.78, 5) is 12.6. The van der Waals surface area contributed by atoms with E-state index in [-0.39, 0.29) is 11.8 Å². The molecule has 3 rings (SSSR count). The number of nitrogen functional groups attached to an aromatic ring is 1. The highest BCUT2D eigenvalue weighted by atomic mass is 32.2. The molecule has 0 spiro atoms. The van der Waals surface area contributed by atoms with E-state index in [0.717, 1.165) is 17.1 Å². The maximum absolute atomic E-state index is 13.0. The van der Waals surface area contributed by atoms with Crippen LogP contribution in [0.5, 0.6) is 5.75 Å². The number of methoxy groups -OCH3 is 1. The molecule has 26 heavy (non-hydrogen) atoms. The van der Waals surface area contributed by atoms with Gasteiger partial charge in [0.2, 0.25) is 11.9 Å². The lowest BCUT2D eigenvalue weighted by Gasteiger charge is -2.08. The van der Waals surface area contributed by atoms with E-state index in [2.05, 4.69) is 20.3 Å². The van der Waals surface area contributed by atoms with Gasteiger partial charge in [0.25, 0.3) is 0 Å². The number of ether oxygens (including phenoxy) is 1. The van der Waals surface area contributed by atoms with Gasteiger partial charge >= 0.3 is 0 Å². The molecule has 0 radical (unpaired) electrons. The number of anilines is 3. The first-order valence-electron chi connectivity index (χ1n) is 7.86. The Morgan fingerprint density at radius 1 is 1.08 bits per heavy atom. The van der Waals surface area contributed by atoms with Crippen molar-refractivity contribution in [1.82, 2.24) is 15.0 Å². The van der Waals surface area contributed by atoms with Crippen molar-refractivity contribution >= 4 is 29.3 Å². The summed E-state index contributed by atoms with van der Waals surface area (Å²) in [5.74, 6) is 2.96. The minimum atomic E-state index is -0.305. The van der Waals surface area contributed by atoms with Crippen LogP contribution in [0.25, 0.3) is 0 Å². The third-order valence-corrected chi connectivity index (χ3v) is 4.43. The van der Waals surface area contributed by atoms with Crippen molar-refractivity contribution in [2.45, 2.75) is 11.5 Å². The van der Waals surface area contributed by atoms with Crippen LogP contribution < -0.4 is 15.8 Å². The van der Waals surface area contributed by atoms with Gasteiger partial charge in [-0.2, -0.15) is 15.0 Å². The molecule has 3 N–H and O–H groups in total. The first-order chi connectivity index (χ1) is 12.6. The van der Waals surface area contributed by atoms with E-state index in [9.17, 15) is 4.39 Å². The van der Waals surface area contributed by atoms with Crippen molar-refractivity contribution in [2.24, 2.45) is 0 Å². The van der Waals surface area contributed by atoms with Crippen molar-refractivity contribution in [3.63, 3.8) is 0 Å². The fourth-order valence-electron chi connectivity index (χ4n) is 2.24. The molecule has 8 heteroatoms. The Kier molecular flexibility index (Phi) is 5.85. The lowest BCUT2D eigenvalue weighted by atomic mass is 10.2. The number of thioether (sulfide) groups is 1. The van der Waals surface area contributed by atoms with Crippen LogP contribution in [0.4, 0.5) is 22.0 Å². The van der Waals surface area contributed by atoms with Gasteiger partial charge in [-0.25, -0.2) is 4.39 Å². The fraction of sp³-hybridized carbons (Fsp3) is 0.167. The number of aromatic nitrogens is 3. The Labute approximate surface area is 155 Å². The van der Waals surface area contributed by atoms with Gasteiger partial charge in [0.15, 0.2) is 0 Å². The van der Waals surface area contributed by atoms with E-state index in [1.807, 2.05) is 24.3 Å². The summed E-state index contributed by atoms with van der Waals surface area (Å²) in [6.07, 6.45) is 0. The third kappa shape index (κ3) is 5.06. The molecule has 0 aliphatic carbocycles. The molecule has 1 aromatic heterocycles. The van der Waals surface area contributed by atoms with Gasteiger partial charge in [-0.05, 0) is 42.0 Å². The van der Waals surface area contributed by atoms with Crippen LogP contribution in [-0.2, 0) is 11.5 Å². The summed E-state index contributed by atoms with van der Waals surface area (Å²) < 4.78 is 18.2. The fourth-order valence-corrected chi connectivity index (χ4v) is 3.07. The summed E-state index contributed by atoms with van der Waals surface area (Å²) in [7, 11) is 1.65. The zero-order valence-electron chi connectivity index (χ0n) is 14.1. The van der Waals surface area contributed by atoms with Crippen LogP contribution in [0.2, 0.25) is 0 Å². The lowest BCUT2D eigenvalue weighted by Crippen LogP contribution is -2.06. The molecule has 6 nitrogen and oxygen atoms in total. The number of benzene rings is 2. The van der Waals surface area contributed by atoms with Crippen molar-refractivity contribution in [3.05, 3.63) is 65.7 Å². The summed E-state index contributed by atoms with van der Waals surface area (Å²) in [5.41, 5.74) is 7.60. The SMILES string of the molecule is COc1cccc(CSCc2nc(N)nc(Nc3ccc(F)cc3)n2)c1. The predicted molar refractivity (Wildman–Crippen MR) is 102 cm³/mol. The summed E-state index contributed by atoms with van der Waals surface area (Å²) >= 11 is 1.66. The topological polar surface area (TPSA) is 86.0 Å². The molecule has 3 aromatic rings. The lowest BCUT2D eigenvalue weighted by molar-refractivity contribution is 0.414. The standard InChI is InChI=1S/C18H18FN5OS/c1-25-15-4-2-3-12(9-15)10-26-11-16-22-17(20)24-18(23-16)21-14-7-5-13(19)6-8-14/h2-9H,10-11H2,1H3,(H3,20,21,22,23,24). The number of nitrogens with zero attached hydrogens (tertiary/aromatic N) is 3. The molecule has 2 aromatic carbocycles. The van der Waals surface area contributed by atoms with Crippen LogP contribution in [0.1, 0.15) is 11.4 Å². The molecule has 0 atom stereocenters. The number of nitrogens with two attached hydrogens (primary N) is 1. The van der Waals surface area contributed by atoms with E-state index in [1.165, 1.54) is 12.1 Å². The molecule has 0 saturated carbocycles. The van der Waals surface area contributed by atoms with Crippen LogP contribution in [0, 0.1) is 5.82 Å². The first-order valence-corrected chi connectivity index (χ1v) is 9.01.